The summed E-state index contributed by atoms with van der Waals surface area (Å²) in [7, 11) is 0. The van der Waals surface area contributed by atoms with Crippen LogP contribution in [0.5, 0.6) is 17.2 Å². The number of fused-ring (bicyclic) bond motifs is 2. The van der Waals surface area contributed by atoms with Gasteiger partial charge >= 0.3 is 5.97 Å². The predicted octanol–water partition coefficient (Wildman–Crippen LogP) is 2.06. The second-order valence-corrected chi connectivity index (χ2v) is 11.2. The van der Waals surface area contributed by atoms with Crippen molar-refractivity contribution < 1.29 is 53.7 Å². The van der Waals surface area contributed by atoms with Gasteiger partial charge in [0.1, 0.15) is 41.3 Å². The summed E-state index contributed by atoms with van der Waals surface area (Å²) < 4.78 is 28.8. The van der Waals surface area contributed by atoms with E-state index in [2.05, 4.69) is 0 Å². The fourth-order valence-corrected chi connectivity index (χ4v) is 5.44. The molecule has 3 aromatic rings. The highest BCUT2D eigenvalue weighted by Gasteiger charge is 2.75. The van der Waals surface area contributed by atoms with E-state index in [1.807, 2.05) is 0 Å². The second-order valence-electron chi connectivity index (χ2n) is 11.2. The van der Waals surface area contributed by atoms with E-state index in [0.29, 0.717) is 24.7 Å². The SMILES string of the molecule is C[C@]1(Oc2ccc3c(=O)c(-c4ccc5c(c4)OCCO5)c(C(=O)O)oc3c2)O[C@](C)(CO)[C@@](C)(O)[C@@](C)(O)[C@@]1(C)O. The zero-order valence-corrected chi connectivity index (χ0v) is 23.2. The number of aliphatic hydroxyl groups is 4. The third kappa shape index (κ3) is 4.01. The summed E-state index contributed by atoms with van der Waals surface area (Å²) in [5, 5.41) is 53.9. The number of benzene rings is 2. The van der Waals surface area contributed by atoms with Gasteiger partial charge in [0.2, 0.25) is 17.0 Å². The van der Waals surface area contributed by atoms with Crippen LogP contribution in [0.25, 0.3) is 22.1 Å². The lowest BCUT2D eigenvalue weighted by atomic mass is 9.61. The highest BCUT2D eigenvalue weighted by atomic mass is 16.7. The number of ether oxygens (including phenoxy) is 4. The van der Waals surface area contributed by atoms with Crippen LogP contribution in [0.15, 0.2) is 45.6 Å². The van der Waals surface area contributed by atoms with Gasteiger partial charge in [0.25, 0.3) is 0 Å². The van der Waals surface area contributed by atoms with Crippen molar-refractivity contribution in [1.29, 1.82) is 0 Å². The largest absolute Gasteiger partial charge is 0.486 e. The van der Waals surface area contributed by atoms with Crippen LogP contribution in [0.4, 0.5) is 0 Å². The van der Waals surface area contributed by atoms with Gasteiger partial charge in [-0.05, 0) is 57.5 Å². The number of carboxylic acid groups (broad SMARTS) is 1. The molecule has 0 amide bonds. The van der Waals surface area contributed by atoms with Crippen LogP contribution in [0.2, 0.25) is 0 Å². The van der Waals surface area contributed by atoms with Crippen molar-refractivity contribution >= 4 is 16.9 Å². The van der Waals surface area contributed by atoms with Gasteiger partial charge in [0.15, 0.2) is 17.1 Å². The summed E-state index contributed by atoms with van der Waals surface area (Å²) in [6.45, 7) is 6.25. The minimum absolute atomic E-state index is 0.0236. The van der Waals surface area contributed by atoms with Crippen LogP contribution < -0.4 is 19.6 Å². The normalized spacial score (nSPS) is 33.0. The van der Waals surface area contributed by atoms with Gasteiger partial charge in [-0.2, -0.15) is 0 Å². The van der Waals surface area contributed by atoms with E-state index in [1.165, 1.54) is 65.0 Å². The molecule has 5 atom stereocenters. The molecule has 220 valence electrons. The number of carbonyl (C=O) groups is 1. The van der Waals surface area contributed by atoms with Crippen molar-refractivity contribution in [3.8, 4) is 28.4 Å². The zero-order valence-electron chi connectivity index (χ0n) is 23.2. The van der Waals surface area contributed by atoms with E-state index in [9.17, 15) is 35.1 Å². The Bertz CT molecular complexity index is 1600. The van der Waals surface area contributed by atoms with E-state index in [-0.39, 0.29) is 27.8 Å². The number of hydrogen-bond donors (Lipinski definition) is 5. The average Bonchev–Trinajstić information content (AvgIpc) is 2.91. The summed E-state index contributed by atoms with van der Waals surface area (Å²) in [6.07, 6.45) is 0. The lowest BCUT2D eigenvalue weighted by Gasteiger charge is -2.64. The Hall–Kier alpha value is -3.68. The number of carboxylic acids is 1. The first kappa shape index (κ1) is 28.8. The summed E-state index contributed by atoms with van der Waals surface area (Å²) in [5.41, 5.74) is -9.10. The van der Waals surface area contributed by atoms with Crippen LogP contribution in [0.1, 0.15) is 45.2 Å². The first-order valence-corrected chi connectivity index (χ1v) is 12.9. The molecule has 2 aliphatic rings. The maximum atomic E-state index is 13.6. The van der Waals surface area contributed by atoms with Gasteiger partial charge in [-0.3, -0.25) is 4.79 Å². The van der Waals surface area contributed by atoms with Gasteiger partial charge in [-0.25, -0.2) is 4.79 Å². The van der Waals surface area contributed by atoms with Crippen LogP contribution in [0, 0.1) is 0 Å². The van der Waals surface area contributed by atoms with Crippen LogP contribution in [0.3, 0.4) is 0 Å². The minimum Gasteiger partial charge on any atom is -0.486 e. The van der Waals surface area contributed by atoms with Crippen molar-refractivity contribution in [2.75, 3.05) is 19.8 Å². The van der Waals surface area contributed by atoms with E-state index in [0.717, 1.165) is 0 Å². The van der Waals surface area contributed by atoms with Gasteiger partial charge in [-0.1, -0.05) is 6.07 Å². The maximum absolute atomic E-state index is 13.6. The first-order chi connectivity index (χ1) is 19.0. The van der Waals surface area contributed by atoms with Crippen molar-refractivity contribution in [3.63, 3.8) is 0 Å². The van der Waals surface area contributed by atoms with E-state index >= 15 is 0 Å². The molecule has 2 aromatic carbocycles. The average molecular weight is 573 g/mol. The fourth-order valence-electron chi connectivity index (χ4n) is 5.44. The van der Waals surface area contributed by atoms with Crippen molar-refractivity contribution in [2.24, 2.45) is 0 Å². The van der Waals surface area contributed by atoms with Crippen molar-refractivity contribution in [2.45, 2.75) is 62.8 Å². The molecule has 5 N–H and O–H groups in total. The zero-order chi connectivity index (χ0) is 30.2. The highest BCUT2D eigenvalue weighted by molar-refractivity contribution is 5.97. The standard InChI is InChI=1S/C29H32O12/c1-25(14-30)26(2,34)27(3,35)28(4,36)29(5,41-25)40-16-7-8-17-19(13-16)39-23(24(32)33)21(22(17)31)15-6-9-18-20(12-15)38-11-10-37-18/h6-9,12-13,30,34-36H,10-11,14H2,1-5H3,(H,32,33)/t25-,26-,27-,28-,29+/m1/s1. The second kappa shape index (κ2) is 9.16. The Labute approximate surface area is 234 Å². The lowest BCUT2D eigenvalue weighted by Crippen LogP contribution is -2.85. The Balaban J connectivity index is 1.60. The monoisotopic (exact) mass is 572 g/mol. The van der Waals surface area contributed by atoms with Gasteiger partial charge in [-0.15, -0.1) is 0 Å². The van der Waals surface area contributed by atoms with E-state index < -0.39 is 52.0 Å². The molecule has 2 aliphatic heterocycles. The molecular formula is C29H32O12. The molecule has 12 nitrogen and oxygen atoms in total. The molecule has 1 saturated heterocycles. The van der Waals surface area contributed by atoms with Gasteiger partial charge < -0.3 is 48.9 Å². The molecule has 0 bridgehead atoms. The number of aromatic carboxylic acids is 1. The molecule has 1 fully saturated rings. The third-order valence-electron chi connectivity index (χ3n) is 8.73. The Morgan fingerprint density at radius 3 is 2.20 bits per heavy atom. The lowest BCUT2D eigenvalue weighted by molar-refractivity contribution is -0.441. The summed E-state index contributed by atoms with van der Waals surface area (Å²) in [6, 6.07) is 8.63. The van der Waals surface area contributed by atoms with E-state index in [4.69, 9.17) is 23.4 Å². The number of hydrogen-bond acceptors (Lipinski definition) is 11. The topological polar surface area (TPSA) is 185 Å². The molecule has 41 heavy (non-hydrogen) atoms. The first-order valence-electron chi connectivity index (χ1n) is 12.9. The molecule has 0 unspecified atom stereocenters. The minimum atomic E-state index is -2.26. The summed E-state index contributed by atoms with van der Waals surface area (Å²) >= 11 is 0. The Kier molecular flexibility index (Phi) is 6.44. The number of rotatable bonds is 5. The van der Waals surface area contributed by atoms with Gasteiger partial charge in [0, 0.05) is 13.0 Å². The van der Waals surface area contributed by atoms with Gasteiger partial charge in [0.05, 0.1) is 17.6 Å². The summed E-state index contributed by atoms with van der Waals surface area (Å²) in [4.78, 5) is 25.8. The van der Waals surface area contributed by atoms with Crippen LogP contribution in [-0.4, -0.2) is 79.5 Å². The smallest absolute Gasteiger partial charge is 0.372 e. The molecule has 0 radical (unpaired) electrons. The Morgan fingerprint density at radius 1 is 0.902 bits per heavy atom. The van der Waals surface area contributed by atoms with E-state index in [1.54, 1.807) is 6.07 Å². The third-order valence-corrected chi connectivity index (χ3v) is 8.73. The molecule has 0 saturated carbocycles. The molecule has 1 aromatic heterocycles. The summed E-state index contributed by atoms with van der Waals surface area (Å²) in [5.74, 6) is -3.35. The Morgan fingerprint density at radius 2 is 1.56 bits per heavy atom. The molecule has 0 spiro atoms. The predicted molar refractivity (Wildman–Crippen MR) is 143 cm³/mol. The molecule has 0 aliphatic carbocycles. The highest BCUT2D eigenvalue weighted by Crippen LogP contribution is 2.53. The van der Waals surface area contributed by atoms with Crippen LogP contribution in [-0.2, 0) is 4.74 Å². The van der Waals surface area contributed by atoms with Crippen LogP contribution >= 0.6 is 0 Å². The molecule has 12 heteroatoms. The van der Waals surface area contributed by atoms with Crippen molar-refractivity contribution in [1.82, 2.24) is 0 Å². The molecule has 5 rings (SSSR count). The maximum Gasteiger partial charge on any atom is 0.372 e. The van der Waals surface area contributed by atoms with Crippen molar-refractivity contribution in [3.05, 3.63) is 52.4 Å². The molecular weight excluding hydrogens is 540 g/mol. The quantitative estimate of drug-likeness (QED) is 0.300. The number of aliphatic hydroxyl groups excluding tert-OH is 1. The fraction of sp³-hybridized carbons (Fsp3) is 0.448. The molecule has 3 heterocycles.